The van der Waals surface area contributed by atoms with Crippen LogP contribution in [0.3, 0.4) is 0 Å². The number of ether oxygens (including phenoxy) is 1. The quantitative estimate of drug-likeness (QED) is 0.619. The number of anilines is 1. The van der Waals surface area contributed by atoms with E-state index in [1.54, 1.807) is 16.7 Å². The summed E-state index contributed by atoms with van der Waals surface area (Å²) in [5, 5.41) is 2.90. The molecule has 152 valence electrons. The van der Waals surface area contributed by atoms with Crippen LogP contribution in [0.25, 0.3) is 16.9 Å². The molecule has 29 heavy (non-hydrogen) atoms. The maximum absolute atomic E-state index is 12.5. The van der Waals surface area contributed by atoms with Crippen LogP contribution in [0.4, 0.5) is 19.0 Å². The molecule has 1 N–H and O–H groups in total. The molecule has 2 aromatic heterocycles. The van der Waals surface area contributed by atoms with E-state index in [2.05, 4.69) is 15.0 Å². The molecule has 0 saturated heterocycles. The number of carbonyl (C=O) groups excluding carboxylic acids is 1. The van der Waals surface area contributed by atoms with Crippen molar-refractivity contribution in [2.75, 3.05) is 5.32 Å². The highest BCUT2D eigenvalue weighted by atomic mass is 19.4. The number of hydrogen-bond donors (Lipinski definition) is 1. The summed E-state index contributed by atoms with van der Waals surface area (Å²) in [6.45, 7) is 0. The van der Waals surface area contributed by atoms with Gasteiger partial charge in [-0.3, -0.25) is 9.20 Å². The highest BCUT2D eigenvalue weighted by molar-refractivity contribution is 5.94. The van der Waals surface area contributed by atoms with Gasteiger partial charge in [0.2, 0.25) is 5.91 Å². The first-order valence-corrected chi connectivity index (χ1v) is 9.52. The number of nitrogens with zero attached hydrogens (tertiary/aromatic N) is 2. The number of pyridine rings is 1. The number of halogens is 3. The number of alkyl halides is 3. The Hall–Kier alpha value is -3.03. The summed E-state index contributed by atoms with van der Waals surface area (Å²) in [5.74, 6) is 0.387. The first-order valence-electron chi connectivity index (χ1n) is 9.52. The lowest BCUT2D eigenvalue weighted by Gasteiger charge is -2.11. The van der Waals surface area contributed by atoms with Crippen LogP contribution in [0.5, 0.6) is 5.75 Å². The van der Waals surface area contributed by atoms with Crippen LogP contribution in [0.15, 0.2) is 48.7 Å². The Kier molecular flexibility index (Phi) is 5.17. The van der Waals surface area contributed by atoms with Gasteiger partial charge < -0.3 is 10.1 Å². The standard InChI is InChI=1S/C21H20F3N3O2/c22-21(23,24)29-16-10-8-15(9-11-16)19-20(25-17-7-3-4-12-27(17)19)26-18(28)13-14-5-1-2-6-14/h3-4,7-12,14H,1-2,5-6,13H2,(H,26,28). The third-order valence-corrected chi connectivity index (χ3v) is 5.10. The highest BCUT2D eigenvalue weighted by Gasteiger charge is 2.31. The van der Waals surface area contributed by atoms with E-state index < -0.39 is 6.36 Å². The Morgan fingerprint density at radius 1 is 1.14 bits per heavy atom. The molecular formula is C21H20F3N3O2. The molecule has 1 aliphatic rings. The molecule has 1 fully saturated rings. The lowest BCUT2D eigenvalue weighted by Crippen LogP contribution is -2.17. The number of nitrogens with one attached hydrogen (secondary N) is 1. The van der Waals surface area contributed by atoms with Gasteiger partial charge >= 0.3 is 6.36 Å². The van der Waals surface area contributed by atoms with Gasteiger partial charge in [0.15, 0.2) is 5.82 Å². The van der Waals surface area contributed by atoms with Crippen LogP contribution in [0.2, 0.25) is 0 Å². The predicted octanol–water partition coefficient (Wildman–Crippen LogP) is 5.42. The molecule has 1 amide bonds. The van der Waals surface area contributed by atoms with Crippen LogP contribution in [0.1, 0.15) is 32.1 Å². The molecule has 0 aliphatic heterocycles. The molecule has 8 heteroatoms. The number of rotatable bonds is 5. The number of fused-ring (bicyclic) bond motifs is 1. The van der Waals surface area contributed by atoms with E-state index >= 15 is 0 Å². The van der Waals surface area contributed by atoms with Gasteiger partial charge in [0.25, 0.3) is 0 Å². The van der Waals surface area contributed by atoms with Crippen molar-refractivity contribution in [2.45, 2.75) is 38.5 Å². The fraction of sp³-hybridized carbons (Fsp3) is 0.333. The van der Waals surface area contributed by atoms with Crippen molar-refractivity contribution >= 4 is 17.4 Å². The van der Waals surface area contributed by atoms with Crippen LogP contribution < -0.4 is 10.1 Å². The predicted molar refractivity (Wildman–Crippen MR) is 103 cm³/mol. The van der Waals surface area contributed by atoms with Gasteiger partial charge in [0, 0.05) is 18.2 Å². The number of hydrogen-bond acceptors (Lipinski definition) is 3. The zero-order valence-electron chi connectivity index (χ0n) is 15.6. The lowest BCUT2D eigenvalue weighted by atomic mass is 10.0. The van der Waals surface area contributed by atoms with E-state index in [1.165, 1.54) is 24.3 Å². The molecule has 1 aliphatic carbocycles. The first kappa shape index (κ1) is 19.3. The molecule has 0 atom stereocenters. The molecule has 5 nitrogen and oxygen atoms in total. The minimum Gasteiger partial charge on any atom is -0.406 e. The number of aromatic nitrogens is 2. The molecule has 0 radical (unpaired) electrons. The molecule has 0 spiro atoms. The Bertz CT molecular complexity index is 1010. The Morgan fingerprint density at radius 3 is 2.55 bits per heavy atom. The third kappa shape index (κ3) is 4.52. The lowest BCUT2D eigenvalue weighted by molar-refractivity contribution is -0.274. The number of carbonyl (C=O) groups is 1. The normalized spacial score (nSPS) is 15.0. The fourth-order valence-corrected chi connectivity index (χ4v) is 3.83. The van der Waals surface area contributed by atoms with Crippen LogP contribution >= 0.6 is 0 Å². The molecule has 4 rings (SSSR count). The van der Waals surface area contributed by atoms with E-state index in [4.69, 9.17) is 0 Å². The van der Waals surface area contributed by atoms with Crippen LogP contribution in [0, 0.1) is 5.92 Å². The smallest absolute Gasteiger partial charge is 0.406 e. The largest absolute Gasteiger partial charge is 0.573 e. The zero-order valence-corrected chi connectivity index (χ0v) is 15.6. The van der Waals surface area contributed by atoms with Crippen molar-refractivity contribution < 1.29 is 22.7 Å². The van der Waals surface area contributed by atoms with Crippen molar-refractivity contribution in [1.29, 1.82) is 0 Å². The van der Waals surface area contributed by atoms with Crippen molar-refractivity contribution in [3.05, 3.63) is 48.7 Å². The van der Waals surface area contributed by atoms with Crippen molar-refractivity contribution in [3.63, 3.8) is 0 Å². The third-order valence-electron chi connectivity index (χ3n) is 5.10. The van der Waals surface area contributed by atoms with Crippen molar-refractivity contribution in [3.8, 4) is 17.0 Å². The monoisotopic (exact) mass is 403 g/mol. The van der Waals surface area contributed by atoms with Gasteiger partial charge in [-0.1, -0.05) is 18.9 Å². The Balaban J connectivity index is 1.63. The van der Waals surface area contributed by atoms with E-state index in [1.807, 2.05) is 12.1 Å². The molecule has 2 heterocycles. The average molecular weight is 403 g/mol. The summed E-state index contributed by atoms with van der Waals surface area (Å²) in [4.78, 5) is 17.0. The molecule has 0 bridgehead atoms. The maximum atomic E-state index is 12.5. The second-order valence-electron chi connectivity index (χ2n) is 7.21. The van der Waals surface area contributed by atoms with Gasteiger partial charge in [0.05, 0.1) is 5.69 Å². The summed E-state index contributed by atoms with van der Waals surface area (Å²) in [6, 6.07) is 11.0. The SMILES string of the molecule is O=C(CC1CCCC1)Nc1nc2ccccn2c1-c1ccc(OC(F)(F)F)cc1. The van der Waals surface area contributed by atoms with E-state index in [0.717, 1.165) is 25.7 Å². The van der Waals surface area contributed by atoms with Gasteiger partial charge in [-0.25, -0.2) is 4.98 Å². The van der Waals surface area contributed by atoms with Crippen molar-refractivity contribution in [1.82, 2.24) is 9.38 Å². The Labute approximate surface area is 165 Å². The van der Waals surface area contributed by atoms with Gasteiger partial charge in [-0.15, -0.1) is 13.2 Å². The molecule has 1 aromatic carbocycles. The van der Waals surface area contributed by atoms with E-state index in [9.17, 15) is 18.0 Å². The van der Waals surface area contributed by atoms with E-state index in [0.29, 0.717) is 35.1 Å². The minimum atomic E-state index is -4.75. The second-order valence-corrected chi connectivity index (χ2v) is 7.21. The number of amides is 1. The Morgan fingerprint density at radius 2 is 1.86 bits per heavy atom. The zero-order chi connectivity index (χ0) is 20.4. The number of imidazole rings is 1. The van der Waals surface area contributed by atoms with Gasteiger partial charge in [-0.05, 0) is 55.2 Å². The van der Waals surface area contributed by atoms with Gasteiger partial charge in [0.1, 0.15) is 11.4 Å². The second kappa shape index (κ2) is 7.77. The van der Waals surface area contributed by atoms with E-state index in [-0.39, 0.29) is 11.7 Å². The summed E-state index contributed by atoms with van der Waals surface area (Å²) in [7, 11) is 0. The average Bonchev–Trinajstić information content (AvgIpc) is 3.28. The summed E-state index contributed by atoms with van der Waals surface area (Å²) in [6.07, 6.45) is 1.94. The van der Waals surface area contributed by atoms with Crippen LogP contribution in [-0.4, -0.2) is 21.7 Å². The fourth-order valence-electron chi connectivity index (χ4n) is 3.83. The molecule has 0 unspecified atom stereocenters. The maximum Gasteiger partial charge on any atom is 0.573 e. The van der Waals surface area contributed by atoms with Crippen LogP contribution in [-0.2, 0) is 4.79 Å². The topological polar surface area (TPSA) is 55.6 Å². The minimum absolute atomic E-state index is 0.0985. The molecular weight excluding hydrogens is 383 g/mol. The molecule has 1 saturated carbocycles. The van der Waals surface area contributed by atoms with Crippen molar-refractivity contribution in [2.24, 2.45) is 5.92 Å². The summed E-state index contributed by atoms with van der Waals surface area (Å²) < 4.78 is 43.0. The summed E-state index contributed by atoms with van der Waals surface area (Å²) >= 11 is 0. The first-order chi connectivity index (χ1) is 13.9. The van der Waals surface area contributed by atoms with Gasteiger partial charge in [-0.2, -0.15) is 0 Å². The molecule has 3 aromatic rings. The number of benzene rings is 1. The highest BCUT2D eigenvalue weighted by Crippen LogP contribution is 2.33. The summed E-state index contributed by atoms with van der Waals surface area (Å²) in [5.41, 5.74) is 1.86.